The topological polar surface area (TPSA) is 85.9 Å². The minimum absolute atomic E-state index is 0.0429. The number of nitrogens with one attached hydrogen (secondary N) is 2. The second kappa shape index (κ2) is 8.25. The van der Waals surface area contributed by atoms with Crippen molar-refractivity contribution >= 4 is 29.0 Å². The van der Waals surface area contributed by atoms with Gasteiger partial charge in [-0.2, -0.15) is 13.2 Å². The molecule has 4 atom stereocenters. The van der Waals surface area contributed by atoms with Crippen LogP contribution in [0.1, 0.15) is 15.2 Å². The molecule has 0 radical (unpaired) electrons. The Balaban J connectivity index is 1.32. The first-order valence-electron chi connectivity index (χ1n) is 9.04. The summed E-state index contributed by atoms with van der Waals surface area (Å²) in [4.78, 5) is 24.9. The predicted molar refractivity (Wildman–Crippen MR) is 100 cm³/mol. The number of fused-ring (bicyclic) bond motifs is 1. The zero-order chi connectivity index (χ0) is 21.3. The Bertz CT molecular complexity index is 921. The van der Waals surface area contributed by atoms with Crippen molar-refractivity contribution in [2.75, 3.05) is 18.5 Å². The Kier molecular flexibility index (Phi) is 5.67. The average molecular weight is 442 g/mol. The summed E-state index contributed by atoms with van der Waals surface area (Å²) < 4.78 is 55.0. The molecule has 0 bridgehead atoms. The Labute approximate surface area is 173 Å². The molecule has 2 aliphatic heterocycles. The highest BCUT2D eigenvalue weighted by atomic mass is 32.1. The third-order valence-corrected chi connectivity index (χ3v) is 5.63. The zero-order valence-electron chi connectivity index (χ0n) is 15.3. The van der Waals surface area contributed by atoms with E-state index in [4.69, 9.17) is 14.2 Å². The van der Waals surface area contributed by atoms with Crippen LogP contribution < -0.4 is 10.6 Å². The summed E-state index contributed by atoms with van der Waals surface area (Å²) in [6, 6.07) is 7.31. The molecule has 2 amide bonds. The van der Waals surface area contributed by atoms with Gasteiger partial charge in [0.2, 0.25) is 0 Å². The van der Waals surface area contributed by atoms with Crippen LogP contribution in [0.4, 0.5) is 23.7 Å². The smallest absolute Gasteiger partial charge is 0.416 e. The van der Waals surface area contributed by atoms with Crippen LogP contribution in [0.5, 0.6) is 0 Å². The van der Waals surface area contributed by atoms with E-state index in [1.165, 1.54) is 23.5 Å². The lowest BCUT2D eigenvalue weighted by molar-refractivity contribution is -0.137. The summed E-state index contributed by atoms with van der Waals surface area (Å²) in [6.45, 7) is 0.248. The number of thiophene rings is 1. The largest absolute Gasteiger partial charge is 0.441 e. The summed E-state index contributed by atoms with van der Waals surface area (Å²) in [6.07, 6.45) is -7.25. The molecule has 2 aliphatic rings. The Hall–Kier alpha value is -2.63. The molecule has 160 valence electrons. The molecule has 0 saturated carbocycles. The number of halogens is 3. The molecule has 11 heteroatoms. The van der Waals surface area contributed by atoms with Crippen LogP contribution in [-0.4, -0.2) is 49.6 Å². The van der Waals surface area contributed by atoms with Gasteiger partial charge in [0.05, 0.1) is 29.7 Å². The van der Waals surface area contributed by atoms with Gasteiger partial charge in [-0.25, -0.2) is 4.79 Å². The number of amides is 2. The monoisotopic (exact) mass is 442 g/mol. The molecular weight excluding hydrogens is 425 g/mol. The van der Waals surface area contributed by atoms with Crippen molar-refractivity contribution in [2.45, 2.75) is 30.5 Å². The number of anilines is 1. The van der Waals surface area contributed by atoms with Crippen molar-refractivity contribution in [1.82, 2.24) is 5.32 Å². The summed E-state index contributed by atoms with van der Waals surface area (Å²) in [5.74, 6) is -0.241. The fourth-order valence-corrected chi connectivity index (χ4v) is 4.02. The molecule has 4 rings (SSSR count). The average Bonchev–Trinajstić information content (AvgIpc) is 3.42. The number of hydrogen-bond acceptors (Lipinski definition) is 6. The molecule has 7 nitrogen and oxygen atoms in total. The van der Waals surface area contributed by atoms with Gasteiger partial charge in [-0.1, -0.05) is 12.1 Å². The molecule has 3 heterocycles. The van der Waals surface area contributed by atoms with Crippen molar-refractivity contribution in [3.63, 3.8) is 0 Å². The van der Waals surface area contributed by atoms with E-state index in [1.807, 2.05) is 0 Å². The minimum atomic E-state index is -4.52. The molecule has 30 heavy (non-hydrogen) atoms. The van der Waals surface area contributed by atoms with Crippen LogP contribution in [0.25, 0.3) is 0 Å². The number of benzene rings is 1. The molecule has 0 unspecified atom stereocenters. The van der Waals surface area contributed by atoms with E-state index in [0.717, 1.165) is 12.1 Å². The normalized spacial score (nSPS) is 25.6. The van der Waals surface area contributed by atoms with Crippen LogP contribution >= 0.6 is 11.3 Å². The van der Waals surface area contributed by atoms with Gasteiger partial charge in [-0.05, 0) is 29.6 Å². The Morgan fingerprint density at radius 1 is 1.10 bits per heavy atom. The highest BCUT2D eigenvalue weighted by Crippen LogP contribution is 2.32. The van der Waals surface area contributed by atoms with Crippen molar-refractivity contribution in [2.24, 2.45) is 0 Å². The number of hydrogen-bond donors (Lipinski definition) is 2. The van der Waals surface area contributed by atoms with Gasteiger partial charge in [0.1, 0.15) is 12.2 Å². The van der Waals surface area contributed by atoms with Crippen molar-refractivity contribution in [3.8, 4) is 0 Å². The molecule has 2 saturated heterocycles. The van der Waals surface area contributed by atoms with E-state index in [1.54, 1.807) is 17.5 Å². The van der Waals surface area contributed by atoms with Gasteiger partial charge in [0.15, 0.2) is 6.10 Å². The third-order valence-electron chi connectivity index (χ3n) is 4.76. The lowest BCUT2D eigenvalue weighted by Gasteiger charge is -2.18. The van der Waals surface area contributed by atoms with Crippen LogP contribution in [0.2, 0.25) is 0 Å². The van der Waals surface area contributed by atoms with E-state index < -0.39 is 42.2 Å². The number of ether oxygens (including phenoxy) is 3. The third kappa shape index (κ3) is 4.42. The molecule has 2 fully saturated rings. The lowest BCUT2D eigenvalue weighted by Crippen LogP contribution is -2.44. The maximum absolute atomic E-state index is 12.8. The molecule has 0 aliphatic carbocycles. The molecule has 2 aromatic rings. The minimum Gasteiger partial charge on any atom is -0.441 e. The number of carbonyl (C=O) groups excluding carboxylic acids is 2. The van der Waals surface area contributed by atoms with Crippen LogP contribution in [0, 0.1) is 0 Å². The molecule has 0 spiro atoms. The maximum atomic E-state index is 12.8. The van der Waals surface area contributed by atoms with Gasteiger partial charge >= 0.3 is 12.3 Å². The molecule has 1 aromatic carbocycles. The first-order valence-corrected chi connectivity index (χ1v) is 9.92. The Morgan fingerprint density at radius 3 is 2.63 bits per heavy atom. The second-order valence-electron chi connectivity index (χ2n) is 6.80. The Morgan fingerprint density at radius 2 is 1.90 bits per heavy atom. The number of alkyl halides is 3. The highest BCUT2D eigenvalue weighted by Gasteiger charge is 2.50. The van der Waals surface area contributed by atoms with E-state index in [2.05, 4.69) is 10.6 Å². The van der Waals surface area contributed by atoms with Crippen molar-refractivity contribution < 1.29 is 37.0 Å². The van der Waals surface area contributed by atoms with E-state index >= 15 is 0 Å². The van der Waals surface area contributed by atoms with Gasteiger partial charge in [0, 0.05) is 5.69 Å². The maximum Gasteiger partial charge on any atom is 0.416 e. The summed E-state index contributed by atoms with van der Waals surface area (Å²) in [7, 11) is 0. The molecular formula is C19H17F3N2O5S. The van der Waals surface area contributed by atoms with Crippen LogP contribution in [0.15, 0.2) is 41.8 Å². The first-order chi connectivity index (χ1) is 14.3. The van der Waals surface area contributed by atoms with E-state index in [-0.39, 0.29) is 24.8 Å². The van der Waals surface area contributed by atoms with Crippen LogP contribution in [-0.2, 0) is 20.4 Å². The number of rotatable bonds is 4. The van der Waals surface area contributed by atoms with Crippen molar-refractivity contribution in [1.29, 1.82) is 0 Å². The van der Waals surface area contributed by atoms with Gasteiger partial charge in [-0.15, -0.1) is 11.3 Å². The van der Waals surface area contributed by atoms with Crippen LogP contribution in [0.3, 0.4) is 0 Å². The standard InChI is InChI=1S/C19H17F3N2O5S/c20-19(21,22)10-3-1-4-11(7-10)23-18(26)29-13-9-28-15-12(8-27-16(13)15)24-17(25)14-5-2-6-30-14/h1-7,12-13,15-16H,8-9H2,(H,23,26)(H,24,25)/t12-,13+,15+,16+/m0/s1. The second-order valence-corrected chi connectivity index (χ2v) is 7.75. The number of carbonyl (C=O) groups is 2. The summed E-state index contributed by atoms with van der Waals surface area (Å²) in [5.41, 5.74) is -0.924. The van der Waals surface area contributed by atoms with Gasteiger partial charge < -0.3 is 19.5 Å². The fraction of sp³-hybridized carbons (Fsp3) is 0.368. The van der Waals surface area contributed by atoms with E-state index in [9.17, 15) is 22.8 Å². The van der Waals surface area contributed by atoms with Crippen molar-refractivity contribution in [3.05, 3.63) is 52.2 Å². The van der Waals surface area contributed by atoms with E-state index in [0.29, 0.717) is 4.88 Å². The first kappa shape index (κ1) is 20.6. The highest BCUT2D eigenvalue weighted by molar-refractivity contribution is 7.12. The van der Waals surface area contributed by atoms with Gasteiger partial charge in [0.25, 0.3) is 5.91 Å². The SMILES string of the molecule is O=C(Nc1cccc(C(F)(F)F)c1)O[C@@H]1CO[C@H]2[C@@H]1OC[C@@H]2NC(=O)c1cccs1. The summed E-state index contributed by atoms with van der Waals surface area (Å²) in [5, 5.41) is 6.92. The lowest BCUT2D eigenvalue weighted by atomic mass is 10.1. The predicted octanol–water partition coefficient (Wildman–Crippen LogP) is 3.28. The molecule has 1 aromatic heterocycles. The molecule has 2 N–H and O–H groups in total. The quantitative estimate of drug-likeness (QED) is 0.759. The summed E-state index contributed by atoms with van der Waals surface area (Å²) >= 11 is 1.31. The zero-order valence-corrected chi connectivity index (χ0v) is 16.2. The van der Waals surface area contributed by atoms with Gasteiger partial charge in [-0.3, -0.25) is 10.1 Å². The fourth-order valence-electron chi connectivity index (χ4n) is 3.39.